The standard InChI is InChI=1S/C18H24N4O/c1-13-7-3-4-8-16(13)22-12-15(11-20-22)18(23)21-10-6-5-9-17(21)14(2)19/h3-4,7-8,11-12,14,17H,5-6,9-10,19H2,1-2H3/t14-,17+/m1/s1. The molecular formula is C18H24N4O. The van der Waals surface area contributed by atoms with E-state index in [1.165, 1.54) is 0 Å². The number of amides is 1. The molecule has 5 nitrogen and oxygen atoms in total. The molecule has 1 aromatic carbocycles. The largest absolute Gasteiger partial charge is 0.334 e. The summed E-state index contributed by atoms with van der Waals surface area (Å²) in [4.78, 5) is 14.8. The molecule has 1 saturated heterocycles. The lowest BCUT2D eigenvalue weighted by Gasteiger charge is -2.37. The molecule has 2 aromatic rings. The second kappa shape index (κ2) is 6.54. The summed E-state index contributed by atoms with van der Waals surface area (Å²) in [5, 5.41) is 4.37. The Labute approximate surface area is 137 Å². The molecular weight excluding hydrogens is 288 g/mol. The summed E-state index contributed by atoms with van der Waals surface area (Å²) >= 11 is 0. The topological polar surface area (TPSA) is 64.2 Å². The van der Waals surface area contributed by atoms with Crippen LogP contribution in [0.2, 0.25) is 0 Å². The first-order chi connectivity index (χ1) is 11.1. The van der Waals surface area contributed by atoms with Crippen LogP contribution in [0.5, 0.6) is 0 Å². The molecule has 0 saturated carbocycles. The molecule has 1 fully saturated rings. The van der Waals surface area contributed by atoms with Crippen LogP contribution in [0, 0.1) is 6.92 Å². The zero-order valence-corrected chi connectivity index (χ0v) is 13.8. The number of aromatic nitrogens is 2. The van der Waals surface area contributed by atoms with E-state index < -0.39 is 0 Å². The molecule has 23 heavy (non-hydrogen) atoms. The molecule has 0 unspecified atom stereocenters. The minimum absolute atomic E-state index is 0.00865. The molecule has 1 aliphatic rings. The lowest BCUT2D eigenvalue weighted by Crippen LogP contribution is -2.51. The number of para-hydroxylation sites is 1. The Kier molecular flexibility index (Phi) is 4.48. The number of hydrogen-bond acceptors (Lipinski definition) is 3. The van der Waals surface area contributed by atoms with Gasteiger partial charge in [-0.15, -0.1) is 0 Å². The molecule has 1 amide bonds. The molecule has 1 aromatic heterocycles. The van der Waals surface area contributed by atoms with E-state index in [0.29, 0.717) is 5.56 Å². The van der Waals surface area contributed by atoms with Gasteiger partial charge in [0.05, 0.1) is 17.4 Å². The van der Waals surface area contributed by atoms with Crippen molar-refractivity contribution in [3.05, 3.63) is 47.8 Å². The highest BCUT2D eigenvalue weighted by Crippen LogP contribution is 2.22. The summed E-state index contributed by atoms with van der Waals surface area (Å²) in [6, 6.07) is 8.12. The molecule has 0 spiro atoms. The first kappa shape index (κ1) is 15.7. The van der Waals surface area contributed by atoms with Gasteiger partial charge in [-0.1, -0.05) is 18.2 Å². The fourth-order valence-corrected chi connectivity index (χ4v) is 3.31. The maximum atomic E-state index is 12.9. The lowest BCUT2D eigenvalue weighted by molar-refractivity contribution is 0.0584. The van der Waals surface area contributed by atoms with Crippen molar-refractivity contribution in [1.29, 1.82) is 0 Å². The van der Waals surface area contributed by atoms with Gasteiger partial charge in [0.2, 0.25) is 0 Å². The number of benzene rings is 1. The van der Waals surface area contributed by atoms with Gasteiger partial charge in [-0.3, -0.25) is 4.79 Å². The number of likely N-dealkylation sites (tertiary alicyclic amines) is 1. The van der Waals surface area contributed by atoms with Gasteiger partial charge in [-0.05, 0) is 44.7 Å². The second-order valence-electron chi connectivity index (χ2n) is 6.38. The second-order valence-corrected chi connectivity index (χ2v) is 6.38. The number of nitrogens with two attached hydrogens (primary N) is 1. The van der Waals surface area contributed by atoms with Crippen molar-refractivity contribution in [2.45, 2.75) is 45.2 Å². The summed E-state index contributed by atoms with van der Waals surface area (Å²) in [5.74, 6) is 0.0341. The predicted molar refractivity (Wildman–Crippen MR) is 90.6 cm³/mol. The molecule has 2 atom stereocenters. The molecule has 5 heteroatoms. The van der Waals surface area contributed by atoms with Crippen LogP contribution in [0.15, 0.2) is 36.7 Å². The number of aryl methyl sites for hydroxylation is 1. The van der Waals surface area contributed by atoms with Gasteiger partial charge in [-0.2, -0.15) is 5.10 Å². The van der Waals surface area contributed by atoms with Crippen molar-refractivity contribution < 1.29 is 4.79 Å². The van der Waals surface area contributed by atoms with Crippen LogP contribution in [0.3, 0.4) is 0 Å². The van der Waals surface area contributed by atoms with Gasteiger partial charge in [0.1, 0.15) is 0 Å². The number of carbonyl (C=O) groups is 1. The van der Waals surface area contributed by atoms with E-state index in [2.05, 4.69) is 5.10 Å². The molecule has 0 radical (unpaired) electrons. The van der Waals surface area contributed by atoms with E-state index in [1.807, 2.05) is 49.2 Å². The number of piperidine rings is 1. The zero-order chi connectivity index (χ0) is 16.4. The summed E-state index contributed by atoms with van der Waals surface area (Å²) in [6.45, 7) is 4.79. The normalized spacial score (nSPS) is 19.6. The average molecular weight is 312 g/mol. The summed E-state index contributed by atoms with van der Waals surface area (Å²) in [5.41, 5.74) is 8.82. The van der Waals surface area contributed by atoms with Crippen LogP contribution < -0.4 is 5.73 Å². The van der Waals surface area contributed by atoms with Crippen LogP contribution in [0.25, 0.3) is 5.69 Å². The van der Waals surface area contributed by atoms with E-state index in [9.17, 15) is 4.79 Å². The zero-order valence-electron chi connectivity index (χ0n) is 13.8. The first-order valence-electron chi connectivity index (χ1n) is 8.25. The van der Waals surface area contributed by atoms with Crippen molar-refractivity contribution in [3.63, 3.8) is 0 Å². The highest BCUT2D eigenvalue weighted by atomic mass is 16.2. The van der Waals surface area contributed by atoms with Gasteiger partial charge in [0.25, 0.3) is 5.91 Å². The first-order valence-corrected chi connectivity index (χ1v) is 8.25. The number of rotatable bonds is 3. The van der Waals surface area contributed by atoms with Crippen LogP contribution in [-0.2, 0) is 0 Å². The van der Waals surface area contributed by atoms with E-state index in [1.54, 1.807) is 10.9 Å². The van der Waals surface area contributed by atoms with E-state index in [0.717, 1.165) is 37.1 Å². The molecule has 2 heterocycles. The van der Waals surface area contributed by atoms with Crippen molar-refractivity contribution in [2.75, 3.05) is 6.54 Å². The van der Waals surface area contributed by atoms with E-state index >= 15 is 0 Å². The summed E-state index contributed by atoms with van der Waals surface area (Å²) < 4.78 is 1.77. The Bertz CT molecular complexity index is 692. The van der Waals surface area contributed by atoms with Crippen LogP contribution in [-0.4, -0.2) is 39.2 Å². The van der Waals surface area contributed by atoms with Crippen molar-refractivity contribution >= 4 is 5.91 Å². The predicted octanol–water partition coefficient (Wildman–Crippen LogP) is 2.52. The van der Waals surface area contributed by atoms with Gasteiger partial charge in [0, 0.05) is 24.8 Å². The minimum Gasteiger partial charge on any atom is -0.334 e. The van der Waals surface area contributed by atoms with Crippen LogP contribution >= 0.6 is 0 Å². The van der Waals surface area contributed by atoms with Gasteiger partial charge in [0.15, 0.2) is 0 Å². The van der Waals surface area contributed by atoms with Crippen molar-refractivity contribution in [2.24, 2.45) is 5.73 Å². The third-order valence-electron chi connectivity index (χ3n) is 4.61. The molecule has 1 aliphatic heterocycles. The smallest absolute Gasteiger partial charge is 0.257 e. The van der Waals surface area contributed by atoms with E-state index in [4.69, 9.17) is 5.73 Å². The van der Waals surface area contributed by atoms with Crippen molar-refractivity contribution in [3.8, 4) is 5.69 Å². The van der Waals surface area contributed by atoms with E-state index in [-0.39, 0.29) is 18.0 Å². The SMILES string of the molecule is Cc1ccccc1-n1cc(C(=O)N2CCCC[C@H]2[C@@H](C)N)cn1. The van der Waals surface area contributed by atoms with Gasteiger partial charge in [-0.25, -0.2) is 4.68 Å². The monoisotopic (exact) mass is 312 g/mol. The fraction of sp³-hybridized carbons (Fsp3) is 0.444. The molecule has 0 aliphatic carbocycles. The fourth-order valence-electron chi connectivity index (χ4n) is 3.31. The molecule has 2 N–H and O–H groups in total. The Morgan fingerprint density at radius 1 is 1.35 bits per heavy atom. The average Bonchev–Trinajstić information content (AvgIpc) is 3.04. The number of hydrogen-bond donors (Lipinski definition) is 1. The van der Waals surface area contributed by atoms with Gasteiger partial charge >= 0.3 is 0 Å². The molecule has 122 valence electrons. The summed E-state index contributed by atoms with van der Waals surface area (Å²) in [7, 11) is 0. The molecule has 0 bridgehead atoms. The Hall–Kier alpha value is -2.14. The molecule has 3 rings (SSSR count). The Balaban J connectivity index is 1.85. The van der Waals surface area contributed by atoms with Crippen molar-refractivity contribution in [1.82, 2.24) is 14.7 Å². The Morgan fingerprint density at radius 3 is 2.87 bits per heavy atom. The summed E-state index contributed by atoms with van der Waals surface area (Å²) in [6.07, 6.45) is 6.63. The number of carbonyl (C=O) groups excluding carboxylic acids is 1. The maximum Gasteiger partial charge on any atom is 0.257 e. The van der Waals surface area contributed by atoms with Crippen LogP contribution in [0.1, 0.15) is 42.1 Å². The Morgan fingerprint density at radius 2 is 2.13 bits per heavy atom. The van der Waals surface area contributed by atoms with Gasteiger partial charge < -0.3 is 10.6 Å². The third kappa shape index (κ3) is 3.15. The number of nitrogens with zero attached hydrogens (tertiary/aromatic N) is 3. The van der Waals surface area contributed by atoms with Crippen LogP contribution in [0.4, 0.5) is 0 Å². The minimum atomic E-state index is -0.00865. The third-order valence-corrected chi connectivity index (χ3v) is 4.61. The maximum absolute atomic E-state index is 12.9. The highest BCUT2D eigenvalue weighted by Gasteiger charge is 2.30. The quantitative estimate of drug-likeness (QED) is 0.947. The highest BCUT2D eigenvalue weighted by molar-refractivity contribution is 5.94. The lowest BCUT2D eigenvalue weighted by atomic mass is 9.96.